The first kappa shape index (κ1) is 20.7. The maximum atomic E-state index is 5.75. The molecule has 1 heterocycles. The van der Waals surface area contributed by atoms with E-state index in [2.05, 4.69) is 27.5 Å². The van der Waals surface area contributed by atoms with Gasteiger partial charge in [0.25, 0.3) is 0 Å². The van der Waals surface area contributed by atoms with Gasteiger partial charge in [0.2, 0.25) is 0 Å². The molecule has 0 saturated heterocycles. The van der Waals surface area contributed by atoms with Crippen LogP contribution in [0.2, 0.25) is 0 Å². The van der Waals surface area contributed by atoms with E-state index in [-0.39, 0.29) is 24.0 Å². The predicted octanol–water partition coefficient (Wildman–Crippen LogP) is 3.16. The highest BCUT2D eigenvalue weighted by molar-refractivity contribution is 14.0. The summed E-state index contributed by atoms with van der Waals surface area (Å²) in [6.07, 6.45) is 2.81. The average molecular weight is 460 g/mol. The van der Waals surface area contributed by atoms with Gasteiger partial charge in [-0.15, -0.1) is 35.3 Å². The van der Waals surface area contributed by atoms with Crippen molar-refractivity contribution in [2.75, 3.05) is 26.7 Å². The van der Waals surface area contributed by atoms with Gasteiger partial charge in [-0.1, -0.05) is 18.2 Å². The highest BCUT2D eigenvalue weighted by Crippen LogP contribution is 2.15. The number of rotatable bonds is 7. The van der Waals surface area contributed by atoms with Crippen molar-refractivity contribution in [1.82, 2.24) is 15.6 Å². The van der Waals surface area contributed by atoms with Crippen LogP contribution in [-0.4, -0.2) is 37.7 Å². The third-order valence-corrected chi connectivity index (χ3v) is 4.24. The van der Waals surface area contributed by atoms with Gasteiger partial charge in [0.1, 0.15) is 12.4 Å². The lowest BCUT2D eigenvalue weighted by molar-refractivity contribution is 0.320. The Balaban J connectivity index is 0.00000288. The summed E-state index contributed by atoms with van der Waals surface area (Å²) in [5.41, 5.74) is 1.15. The molecule has 2 N–H and O–H groups in total. The van der Waals surface area contributed by atoms with Gasteiger partial charge in [0.05, 0.1) is 11.6 Å². The lowest BCUT2D eigenvalue weighted by Gasteiger charge is -2.13. The highest BCUT2D eigenvalue weighted by atomic mass is 127. The van der Waals surface area contributed by atoms with Crippen LogP contribution in [0.4, 0.5) is 0 Å². The van der Waals surface area contributed by atoms with Crippen LogP contribution in [0.5, 0.6) is 5.75 Å². The van der Waals surface area contributed by atoms with Crippen molar-refractivity contribution in [1.29, 1.82) is 0 Å². The number of ether oxygens (including phenoxy) is 1. The minimum atomic E-state index is 0. The summed E-state index contributed by atoms with van der Waals surface area (Å²) in [5, 5.41) is 7.68. The Morgan fingerprint density at radius 3 is 2.62 bits per heavy atom. The van der Waals surface area contributed by atoms with E-state index in [4.69, 9.17) is 4.74 Å². The molecule has 0 aliphatic heterocycles. The Morgan fingerprint density at radius 1 is 1.21 bits per heavy atom. The van der Waals surface area contributed by atoms with E-state index in [1.165, 1.54) is 4.88 Å². The summed E-state index contributed by atoms with van der Waals surface area (Å²) in [6.45, 7) is 6.22. The van der Waals surface area contributed by atoms with E-state index < -0.39 is 0 Å². The van der Waals surface area contributed by atoms with Crippen LogP contribution in [0.25, 0.3) is 0 Å². The molecule has 0 bridgehead atoms. The summed E-state index contributed by atoms with van der Waals surface area (Å²) in [7, 11) is 1.77. The average Bonchev–Trinajstić information content (AvgIpc) is 2.96. The number of halogens is 1. The van der Waals surface area contributed by atoms with Crippen LogP contribution in [-0.2, 0) is 6.42 Å². The maximum Gasteiger partial charge on any atom is 0.191 e. The fraction of sp³-hybridized carbons (Fsp3) is 0.412. The van der Waals surface area contributed by atoms with Gasteiger partial charge in [0, 0.05) is 31.1 Å². The van der Waals surface area contributed by atoms with E-state index in [0.29, 0.717) is 13.2 Å². The number of aryl methyl sites for hydroxylation is 2. The van der Waals surface area contributed by atoms with Crippen molar-refractivity contribution in [3.63, 3.8) is 0 Å². The van der Waals surface area contributed by atoms with E-state index in [0.717, 1.165) is 35.2 Å². The molecule has 24 heavy (non-hydrogen) atoms. The minimum absolute atomic E-state index is 0. The summed E-state index contributed by atoms with van der Waals surface area (Å²) < 4.78 is 5.75. The summed E-state index contributed by atoms with van der Waals surface area (Å²) in [6, 6.07) is 8.02. The quantitative estimate of drug-likeness (QED) is 0.289. The molecule has 1 aromatic carbocycles. The predicted molar refractivity (Wildman–Crippen MR) is 112 cm³/mol. The van der Waals surface area contributed by atoms with Crippen molar-refractivity contribution in [3.8, 4) is 5.75 Å². The van der Waals surface area contributed by atoms with Gasteiger partial charge < -0.3 is 15.4 Å². The number of aliphatic imine (C=N–C) groups is 1. The lowest BCUT2D eigenvalue weighted by Crippen LogP contribution is -2.40. The molecule has 1 aromatic heterocycles. The monoisotopic (exact) mass is 460 g/mol. The molecule has 5 nitrogen and oxygen atoms in total. The zero-order chi connectivity index (χ0) is 16.5. The molecule has 0 fully saturated rings. The molecule has 0 spiro atoms. The van der Waals surface area contributed by atoms with E-state index in [1.807, 2.05) is 37.4 Å². The molecule has 2 aromatic rings. The Bertz CT molecular complexity index is 645. The third-order valence-electron chi connectivity index (χ3n) is 3.27. The van der Waals surface area contributed by atoms with Crippen LogP contribution in [0.15, 0.2) is 35.5 Å². The van der Waals surface area contributed by atoms with Crippen LogP contribution in [0, 0.1) is 13.8 Å². The minimum Gasteiger partial charge on any atom is -0.491 e. The normalized spacial score (nSPS) is 10.9. The molecule has 0 radical (unpaired) electrons. The summed E-state index contributed by atoms with van der Waals surface area (Å²) in [4.78, 5) is 9.81. The van der Waals surface area contributed by atoms with Gasteiger partial charge in [-0.3, -0.25) is 4.99 Å². The number of thiazole rings is 1. The molecule has 7 heteroatoms. The van der Waals surface area contributed by atoms with Gasteiger partial charge in [-0.25, -0.2) is 4.98 Å². The number of guanidine groups is 1. The fourth-order valence-corrected chi connectivity index (χ4v) is 2.86. The Labute approximate surface area is 165 Å². The molecule has 0 amide bonds. The largest absolute Gasteiger partial charge is 0.491 e. The second kappa shape index (κ2) is 11.2. The molecular weight excluding hydrogens is 435 g/mol. The van der Waals surface area contributed by atoms with Crippen molar-refractivity contribution in [2.24, 2.45) is 4.99 Å². The standard InChI is InChI=1S/C17H24N4OS.HI/c1-13-6-4-5-7-15(13)22-11-10-20-17(18-3)19-9-8-16-21-12-14(2)23-16;/h4-7,12H,8-11H2,1-3H3,(H2,18,19,20);1H. The molecule has 2 rings (SSSR count). The first-order valence-electron chi connectivity index (χ1n) is 7.73. The summed E-state index contributed by atoms with van der Waals surface area (Å²) >= 11 is 1.74. The first-order valence-corrected chi connectivity index (χ1v) is 8.55. The SMILES string of the molecule is CN=C(NCCOc1ccccc1C)NCCc1ncc(C)s1.I. The van der Waals surface area contributed by atoms with Crippen LogP contribution < -0.4 is 15.4 Å². The zero-order valence-electron chi connectivity index (χ0n) is 14.3. The first-order chi connectivity index (χ1) is 11.2. The van der Waals surface area contributed by atoms with Gasteiger partial charge in [-0.2, -0.15) is 0 Å². The number of nitrogens with zero attached hydrogens (tertiary/aromatic N) is 2. The molecule has 0 aliphatic rings. The van der Waals surface area contributed by atoms with E-state index in [1.54, 1.807) is 18.4 Å². The number of para-hydroxylation sites is 1. The second-order valence-corrected chi connectivity index (χ2v) is 6.47. The Morgan fingerprint density at radius 2 is 1.96 bits per heavy atom. The Kier molecular flexibility index (Phi) is 9.70. The number of benzene rings is 1. The zero-order valence-corrected chi connectivity index (χ0v) is 17.5. The van der Waals surface area contributed by atoms with Crippen LogP contribution >= 0.6 is 35.3 Å². The third kappa shape index (κ3) is 7.04. The molecular formula is C17H25IN4OS. The van der Waals surface area contributed by atoms with Gasteiger partial charge in [-0.05, 0) is 25.5 Å². The number of hydrogen-bond donors (Lipinski definition) is 2. The van der Waals surface area contributed by atoms with Crippen molar-refractivity contribution < 1.29 is 4.74 Å². The molecule has 0 unspecified atom stereocenters. The fourth-order valence-electron chi connectivity index (χ4n) is 2.07. The molecule has 0 saturated carbocycles. The summed E-state index contributed by atoms with van der Waals surface area (Å²) in [5.74, 6) is 1.71. The van der Waals surface area contributed by atoms with Crippen molar-refractivity contribution in [3.05, 3.63) is 45.9 Å². The smallest absolute Gasteiger partial charge is 0.191 e. The van der Waals surface area contributed by atoms with Crippen LogP contribution in [0.1, 0.15) is 15.4 Å². The lowest BCUT2D eigenvalue weighted by atomic mass is 10.2. The van der Waals surface area contributed by atoms with Crippen molar-refractivity contribution in [2.45, 2.75) is 20.3 Å². The maximum absolute atomic E-state index is 5.75. The van der Waals surface area contributed by atoms with Crippen molar-refractivity contribution >= 4 is 41.3 Å². The number of aromatic nitrogens is 1. The number of nitrogens with one attached hydrogen (secondary N) is 2. The molecule has 0 atom stereocenters. The topological polar surface area (TPSA) is 58.5 Å². The highest BCUT2D eigenvalue weighted by Gasteiger charge is 2.01. The van der Waals surface area contributed by atoms with Crippen LogP contribution in [0.3, 0.4) is 0 Å². The Hall–Kier alpha value is -1.35. The van der Waals surface area contributed by atoms with E-state index in [9.17, 15) is 0 Å². The van der Waals surface area contributed by atoms with Gasteiger partial charge >= 0.3 is 0 Å². The second-order valence-electron chi connectivity index (χ2n) is 5.15. The van der Waals surface area contributed by atoms with Gasteiger partial charge in [0.15, 0.2) is 5.96 Å². The molecule has 0 aliphatic carbocycles. The molecule has 132 valence electrons. The van der Waals surface area contributed by atoms with E-state index >= 15 is 0 Å². The number of hydrogen-bond acceptors (Lipinski definition) is 4.